The van der Waals surface area contributed by atoms with E-state index < -0.39 is 0 Å². The summed E-state index contributed by atoms with van der Waals surface area (Å²) in [6.07, 6.45) is 1.12. The zero-order chi connectivity index (χ0) is 13.7. The van der Waals surface area contributed by atoms with Crippen LogP contribution in [0.5, 0.6) is 0 Å². The lowest BCUT2D eigenvalue weighted by molar-refractivity contribution is -0.883. The van der Waals surface area contributed by atoms with Crippen LogP contribution >= 0.6 is 11.8 Å². The summed E-state index contributed by atoms with van der Waals surface area (Å²) in [5.41, 5.74) is 1.45. The second kappa shape index (κ2) is 6.78. The fourth-order valence-corrected chi connectivity index (χ4v) is 2.90. The summed E-state index contributed by atoms with van der Waals surface area (Å²) in [7, 11) is 4.44. The Morgan fingerprint density at radius 3 is 2.26 bits per heavy atom. The number of benzene rings is 2. The van der Waals surface area contributed by atoms with Gasteiger partial charge in [-0.05, 0) is 30.7 Å². The summed E-state index contributed by atoms with van der Waals surface area (Å²) in [6.45, 7) is 2.30. The Hall–Kier alpha value is -1.25. The topological polar surface area (TPSA) is 4.44 Å². The lowest BCUT2D eigenvalue weighted by Crippen LogP contribution is -3.09. The van der Waals surface area contributed by atoms with Crippen molar-refractivity contribution < 1.29 is 4.90 Å². The van der Waals surface area contributed by atoms with Crippen molar-refractivity contribution in [3.63, 3.8) is 0 Å². The maximum atomic E-state index is 2.30. The van der Waals surface area contributed by atoms with Crippen molar-refractivity contribution in [3.05, 3.63) is 60.2 Å². The first-order valence-electron chi connectivity index (χ1n) is 6.77. The van der Waals surface area contributed by atoms with Crippen molar-refractivity contribution in [2.45, 2.75) is 29.2 Å². The predicted molar refractivity (Wildman–Crippen MR) is 83.0 cm³/mol. The van der Waals surface area contributed by atoms with Gasteiger partial charge in [0.05, 0.1) is 20.1 Å². The van der Waals surface area contributed by atoms with Crippen LogP contribution in [0.25, 0.3) is 0 Å². The molecule has 0 heterocycles. The van der Waals surface area contributed by atoms with Gasteiger partial charge in [-0.2, -0.15) is 0 Å². The molecule has 0 aromatic heterocycles. The first-order valence-corrected chi connectivity index (χ1v) is 7.59. The third kappa shape index (κ3) is 4.12. The van der Waals surface area contributed by atoms with E-state index in [0.717, 1.165) is 6.42 Å². The van der Waals surface area contributed by atoms with Crippen LogP contribution in [-0.2, 0) is 6.42 Å². The Balaban J connectivity index is 2.17. The lowest BCUT2D eigenvalue weighted by Gasteiger charge is -2.18. The van der Waals surface area contributed by atoms with E-state index in [-0.39, 0.29) is 0 Å². The predicted octanol–water partition coefficient (Wildman–Crippen LogP) is 2.91. The smallest absolute Gasteiger partial charge is 0.0883 e. The van der Waals surface area contributed by atoms with Crippen LogP contribution in [0.15, 0.2) is 64.4 Å². The third-order valence-corrected chi connectivity index (χ3v) is 4.58. The van der Waals surface area contributed by atoms with E-state index in [1.807, 2.05) is 11.8 Å². The summed E-state index contributed by atoms with van der Waals surface area (Å²) in [6, 6.07) is 20.0. The maximum Gasteiger partial charge on any atom is 0.0883 e. The molecule has 0 fully saturated rings. The van der Waals surface area contributed by atoms with Gasteiger partial charge in [-0.15, -0.1) is 0 Å². The fourth-order valence-electron chi connectivity index (χ4n) is 1.92. The highest BCUT2D eigenvalue weighted by Crippen LogP contribution is 2.30. The quantitative estimate of drug-likeness (QED) is 0.877. The molecule has 0 saturated heterocycles. The monoisotopic (exact) mass is 272 g/mol. The molecular weight excluding hydrogens is 250 g/mol. The van der Waals surface area contributed by atoms with Gasteiger partial charge in [0.25, 0.3) is 0 Å². The second-order valence-electron chi connectivity index (χ2n) is 5.21. The van der Waals surface area contributed by atoms with E-state index in [4.69, 9.17) is 0 Å². The summed E-state index contributed by atoms with van der Waals surface area (Å²) in [5.74, 6) is 0. The Morgan fingerprint density at radius 1 is 0.947 bits per heavy atom. The van der Waals surface area contributed by atoms with Crippen molar-refractivity contribution in [2.75, 3.05) is 14.1 Å². The van der Waals surface area contributed by atoms with Gasteiger partial charge in [-0.25, -0.2) is 0 Å². The molecule has 0 unspecified atom stereocenters. The van der Waals surface area contributed by atoms with Crippen LogP contribution < -0.4 is 4.90 Å². The van der Waals surface area contributed by atoms with Gasteiger partial charge in [0.2, 0.25) is 0 Å². The molecule has 2 rings (SSSR count). The molecular formula is C17H22NS+. The van der Waals surface area contributed by atoms with Crippen molar-refractivity contribution in [1.82, 2.24) is 0 Å². The zero-order valence-electron chi connectivity index (χ0n) is 11.9. The fraction of sp³-hybridized carbons (Fsp3) is 0.294. The molecule has 2 aromatic carbocycles. The SMILES string of the molecule is C[C@@H](Cc1ccccc1Sc1ccccc1)[NH+](C)C. The molecule has 0 radical (unpaired) electrons. The minimum Gasteiger partial charge on any atom is -0.337 e. The van der Waals surface area contributed by atoms with Crippen molar-refractivity contribution in [1.29, 1.82) is 0 Å². The number of likely N-dealkylation sites (N-methyl/N-ethyl adjacent to an activating group) is 1. The van der Waals surface area contributed by atoms with Crippen LogP contribution in [-0.4, -0.2) is 20.1 Å². The van der Waals surface area contributed by atoms with Gasteiger partial charge in [0.15, 0.2) is 0 Å². The molecule has 0 bridgehead atoms. The van der Waals surface area contributed by atoms with E-state index in [1.165, 1.54) is 20.3 Å². The molecule has 100 valence electrons. The summed E-state index contributed by atoms with van der Waals surface area (Å²) < 4.78 is 0. The summed E-state index contributed by atoms with van der Waals surface area (Å²) >= 11 is 1.86. The molecule has 0 spiro atoms. The van der Waals surface area contributed by atoms with Gasteiger partial charge < -0.3 is 4.90 Å². The third-order valence-electron chi connectivity index (χ3n) is 3.46. The highest BCUT2D eigenvalue weighted by Gasteiger charge is 2.12. The van der Waals surface area contributed by atoms with E-state index >= 15 is 0 Å². The number of hydrogen-bond acceptors (Lipinski definition) is 1. The van der Waals surface area contributed by atoms with Gasteiger partial charge in [-0.1, -0.05) is 48.2 Å². The van der Waals surface area contributed by atoms with Gasteiger partial charge in [0, 0.05) is 16.2 Å². The molecule has 0 amide bonds. The molecule has 0 aliphatic heterocycles. The molecule has 0 saturated carbocycles. The number of rotatable bonds is 5. The van der Waals surface area contributed by atoms with Crippen LogP contribution in [0.4, 0.5) is 0 Å². The Bertz CT molecular complexity index is 508. The van der Waals surface area contributed by atoms with Gasteiger partial charge in [-0.3, -0.25) is 0 Å². The van der Waals surface area contributed by atoms with Gasteiger partial charge >= 0.3 is 0 Å². The van der Waals surface area contributed by atoms with Gasteiger partial charge in [0.1, 0.15) is 0 Å². The Morgan fingerprint density at radius 2 is 1.58 bits per heavy atom. The molecule has 0 aliphatic carbocycles. The number of nitrogens with one attached hydrogen (secondary N) is 1. The standard InChI is InChI=1S/C17H21NS/c1-14(18(2)3)13-15-9-7-8-12-17(15)19-16-10-5-4-6-11-16/h4-12,14H,13H2,1-3H3/p+1/t14-/m0/s1. The normalized spacial score (nSPS) is 12.6. The molecule has 0 aliphatic rings. The maximum absolute atomic E-state index is 2.30. The highest BCUT2D eigenvalue weighted by atomic mass is 32.2. The van der Waals surface area contributed by atoms with Crippen LogP contribution in [0, 0.1) is 0 Å². The molecule has 1 nitrogen and oxygen atoms in total. The van der Waals surface area contributed by atoms with E-state index in [0.29, 0.717) is 6.04 Å². The number of hydrogen-bond donors (Lipinski definition) is 1. The van der Waals surface area contributed by atoms with E-state index in [2.05, 4.69) is 75.6 Å². The minimum atomic E-state index is 0.637. The molecule has 1 N–H and O–H groups in total. The van der Waals surface area contributed by atoms with E-state index in [1.54, 1.807) is 0 Å². The largest absolute Gasteiger partial charge is 0.337 e. The first kappa shape index (κ1) is 14.2. The highest BCUT2D eigenvalue weighted by molar-refractivity contribution is 7.99. The molecule has 2 aromatic rings. The van der Waals surface area contributed by atoms with Crippen LogP contribution in [0.1, 0.15) is 12.5 Å². The van der Waals surface area contributed by atoms with Crippen molar-refractivity contribution in [2.24, 2.45) is 0 Å². The average molecular weight is 272 g/mol. The zero-order valence-corrected chi connectivity index (χ0v) is 12.7. The second-order valence-corrected chi connectivity index (χ2v) is 6.32. The van der Waals surface area contributed by atoms with Crippen LogP contribution in [0.2, 0.25) is 0 Å². The van der Waals surface area contributed by atoms with Crippen LogP contribution in [0.3, 0.4) is 0 Å². The molecule has 19 heavy (non-hydrogen) atoms. The average Bonchev–Trinajstić information content (AvgIpc) is 2.42. The van der Waals surface area contributed by atoms with Crippen molar-refractivity contribution in [3.8, 4) is 0 Å². The summed E-state index contributed by atoms with van der Waals surface area (Å²) in [5, 5.41) is 0. The van der Waals surface area contributed by atoms with Crippen molar-refractivity contribution >= 4 is 11.8 Å². The lowest BCUT2D eigenvalue weighted by atomic mass is 10.1. The molecule has 1 atom stereocenters. The summed E-state index contributed by atoms with van der Waals surface area (Å²) in [4.78, 5) is 4.18. The number of quaternary nitrogens is 1. The minimum absolute atomic E-state index is 0.637. The molecule has 2 heteroatoms. The van der Waals surface area contributed by atoms with E-state index in [9.17, 15) is 0 Å². The Labute approximate surface area is 120 Å². The Kier molecular flexibility index (Phi) is 5.06. The first-order chi connectivity index (χ1) is 9.16.